The molecule has 0 saturated heterocycles. The van der Waals surface area contributed by atoms with E-state index in [1.807, 2.05) is 6.07 Å². The highest BCUT2D eigenvalue weighted by atomic mass is 19.1. The number of nitrogens with two attached hydrogens (primary N) is 2. The van der Waals surface area contributed by atoms with Crippen LogP contribution in [0.5, 0.6) is 0 Å². The molecule has 2 nitrogen and oxygen atoms in total. The van der Waals surface area contributed by atoms with Gasteiger partial charge in [-0.1, -0.05) is 23.8 Å². The first-order valence-corrected chi connectivity index (χ1v) is 5.63. The average molecular weight is 220 g/mol. The highest BCUT2D eigenvalue weighted by Gasteiger charge is 2.14. The topological polar surface area (TPSA) is 52.0 Å². The molecule has 3 heteroatoms. The summed E-state index contributed by atoms with van der Waals surface area (Å²) in [5.41, 5.74) is 14.4. The van der Waals surface area contributed by atoms with Crippen LogP contribution in [-0.2, 0) is 6.42 Å². The van der Waals surface area contributed by atoms with Crippen molar-refractivity contribution in [3.63, 3.8) is 0 Å². The zero-order valence-corrected chi connectivity index (χ0v) is 9.25. The van der Waals surface area contributed by atoms with Gasteiger partial charge in [0, 0.05) is 12.6 Å². The predicted molar refractivity (Wildman–Crippen MR) is 64.3 cm³/mol. The Labute approximate surface area is 95.1 Å². The zero-order chi connectivity index (χ0) is 11.5. The fourth-order valence-corrected chi connectivity index (χ4v) is 2.13. The van der Waals surface area contributed by atoms with Crippen LogP contribution in [0, 0.1) is 5.82 Å². The van der Waals surface area contributed by atoms with Gasteiger partial charge in [0.25, 0.3) is 0 Å². The largest absolute Gasteiger partial charge is 0.329 e. The first kappa shape index (κ1) is 11.3. The second-order valence-corrected chi connectivity index (χ2v) is 4.31. The molecular formula is C13H17FN2. The second kappa shape index (κ2) is 4.76. The summed E-state index contributed by atoms with van der Waals surface area (Å²) in [5, 5.41) is 0. The lowest BCUT2D eigenvalue weighted by molar-refractivity contribution is 0.600. The van der Waals surface area contributed by atoms with Gasteiger partial charge in [0.2, 0.25) is 0 Å². The van der Waals surface area contributed by atoms with E-state index in [2.05, 4.69) is 6.08 Å². The summed E-state index contributed by atoms with van der Waals surface area (Å²) in [6, 6.07) is 5.23. The second-order valence-electron chi connectivity index (χ2n) is 4.31. The van der Waals surface area contributed by atoms with Gasteiger partial charge in [-0.25, -0.2) is 4.39 Å². The van der Waals surface area contributed by atoms with E-state index in [1.165, 1.54) is 11.6 Å². The standard InChI is InChI=1S/C13H17FN2/c14-13-3-1-2-10-6-9(4-5-12(10)13)7-11(16)8-15/h1-3,6,11H,4-5,7-8,15-16H2. The van der Waals surface area contributed by atoms with E-state index in [4.69, 9.17) is 11.5 Å². The van der Waals surface area contributed by atoms with Gasteiger partial charge in [-0.2, -0.15) is 0 Å². The van der Waals surface area contributed by atoms with Gasteiger partial charge in [0.15, 0.2) is 0 Å². The molecule has 0 radical (unpaired) electrons. The molecule has 0 aliphatic heterocycles. The lowest BCUT2D eigenvalue weighted by Crippen LogP contribution is -2.30. The molecule has 1 aromatic rings. The zero-order valence-electron chi connectivity index (χ0n) is 9.25. The third kappa shape index (κ3) is 2.31. The van der Waals surface area contributed by atoms with E-state index in [9.17, 15) is 4.39 Å². The fraction of sp³-hybridized carbons (Fsp3) is 0.385. The van der Waals surface area contributed by atoms with E-state index in [0.717, 1.165) is 30.4 Å². The maximum atomic E-state index is 13.5. The van der Waals surface area contributed by atoms with Crippen molar-refractivity contribution >= 4 is 6.08 Å². The van der Waals surface area contributed by atoms with Crippen LogP contribution in [0.2, 0.25) is 0 Å². The molecule has 16 heavy (non-hydrogen) atoms. The van der Waals surface area contributed by atoms with Crippen molar-refractivity contribution in [1.82, 2.24) is 0 Å². The summed E-state index contributed by atoms with van der Waals surface area (Å²) in [4.78, 5) is 0. The number of rotatable bonds is 3. The Morgan fingerprint density at radius 2 is 2.12 bits per heavy atom. The molecule has 0 heterocycles. The summed E-state index contributed by atoms with van der Waals surface area (Å²) >= 11 is 0. The molecule has 1 aliphatic rings. The molecule has 0 bridgehead atoms. The molecule has 0 fully saturated rings. The Balaban J connectivity index is 2.21. The van der Waals surface area contributed by atoms with Crippen molar-refractivity contribution < 1.29 is 4.39 Å². The van der Waals surface area contributed by atoms with Gasteiger partial charge in [0.05, 0.1) is 0 Å². The Bertz CT molecular complexity index is 412. The Morgan fingerprint density at radius 3 is 2.88 bits per heavy atom. The molecule has 0 aromatic heterocycles. The SMILES string of the molecule is NCC(N)CC1=Cc2cccc(F)c2CC1. The van der Waals surface area contributed by atoms with Gasteiger partial charge in [-0.3, -0.25) is 0 Å². The van der Waals surface area contributed by atoms with Gasteiger partial charge in [-0.05, 0) is 36.5 Å². The summed E-state index contributed by atoms with van der Waals surface area (Å²) in [5.74, 6) is -0.101. The highest BCUT2D eigenvalue weighted by Crippen LogP contribution is 2.27. The number of halogens is 1. The van der Waals surface area contributed by atoms with Gasteiger partial charge in [0.1, 0.15) is 5.82 Å². The quantitative estimate of drug-likeness (QED) is 0.816. The Morgan fingerprint density at radius 1 is 1.31 bits per heavy atom. The number of fused-ring (bicyclic) bond motifs is 1. The molecular weight excluding hydrogens is 203 g/mol. The molecule has 0 saturated carbocycles. The molecule has 1 atom stereocenters. The van der Waals surface area contributed by atoms with Crippen LogP contribution in [0.15, 0.2) is 23.8 Å². The van der Waals surface area contributed by atoms with Crippen molar-refractivity contribution in [2.45, 2.75) is 25.3 Å². The van der Waals surface area contributed by atoms with Gasteiger partial charge in [-0.15, -0.1) is 0 Å². The van der Waals surface area contributed by atoms with Crippen LogP contribution in [0.3, 0.4) is 0 Å². The molecule has 1 aromatic carbocycles. The average Bonchev–Trinajstić information content (AvgIpc) is 2.29. The smallest absolute Gasteiger partial charge is 0.127 e. The number of benzene rings is 1. The summed E-state index contributed by atoms with van der Waals surface area (Å²) in [6.45, 7) is 0.493. The van der Waals surface area contributed by atoms with Crippen LogP contribution in [0.4, 0.5) is 4.39 Å². The van der Waals surface area contributed by atoms with Crippen molar-refractivity contribution in [2.75, 3.05) is 6.54 Å². The van der Waals surface area contributed by atoms with Crippen LogP contribution < -0.4 is 11.5 Å². The maximum Gasteiger partial charge on any atom is 0.127 e. The molecule has 0 spiro atoms. The fourth-order valence-electron chi connectivity index (χ4n) is 2.13. The van der Waals surface area contributed by atoms with Crippen molar-refractivity contribution in [1.29, 1.82) is 0 Å². The summed E-state index contributed by atoms with van der Waals surface area (Å²) in [6.07, 6.45) is 4.52. The normalized spacial score (nSPS) is 16.6. The van der Waals surface area contributed by atoms with E-state index >= 15 is 0 Å². The molecule has 1 aliphatic carbocycles. The molecule has 86 valence electrons. The van der Waals surface area contributed by atoms with Gasteiger partial charge >= 0.3 is 0 Å². The predicted octanol–water partition coefficient (Wildman–Crippen LogP) is 1.83. The molecule has 1 unspecified atom stereocenters. The third-order valence-electron chi connectivity index (χ3n) is 3.04. The van der Waals surface area contributed by atoms with Crippen molar-refractivity contribution in [2.24, 2.45) is 11.5 Å². The molecule has 2 rings (SSSR count). The maximum absolute atomic E-state index is 13.5. The Hall–Kier alpha value is -1.19. The first-order valence-electron chi connectivity index (χ1n) is 5.63. The van der Waals surface area contributed by atoms with E-state index in [0.29, 0.717) is 6.54 Å². The first-order chi connectivity index (χ1) is 7.70. The number of hydrogen-bond acceptors (Lipinski definition) is 2. The minimum Gasteiger partial charge on any atom is -0.329 e. The lowest BCUT2D eigenvalue weighted by atomic mass is 9.89. The lowest BCUT2D eigenvalue weighted by Gasteiger charge is -2.19. The van der Waals surface area contributed by atoms with Crippen LogP contribution >= 0.6 is 0 Å². The summed E-state index contributed by atoms with van der Waals surface area (Å²) < 4.78 is 13.5. The number of hydrogen-bond donors (Lipinski definition) is 2. The van der Waals surface area contributed by atoms with Gasteiger partial charge < -0.3 is 11.5 Å². The minimum absolute atomic E-state index is 0.0151. The molecule has 0 amide bonds. The van der Waals surface area contributed by atoms with E-state index in [1.54, 1.807) is 6.07 Å². The van der Waals surface area contributed by atoms with Crippen molar-refractivity contribution in [3.05, 3.63) is 40.7 Å². The van der Waals surface area contributed by atoms with Crippen LogP contribution in [-0.4, -0.2) is 12.6 Å². The van der Waals surface area contributed by atoms with Crippen molar-refractivity contribution in [3.8, 4) is 0 Å². The third-order valence-corrected chi connectivity index (χ3v) is 3.04. The van der Waals surface area contributed by atoms with Crippen LogP contribution in [0.25, 0.3) is 6.08 Å². The Kier molecular flexibility index (Phi) is 3.36. The van der Waals surface area contributed by atoms with E-state index in [-0.39, 0.29) is 11.9 Å². The highest BCUT2D eigenvalue weighted by molar-refractivity contribution is 5.59. The molecule has 4 N–H and O–H groups in total. The summed E-state index contributed by atoms with van der Waals surface area (Å²) in [7, 11) is 0. The monoisotopic (exact) mass is 220 g/mol. The van der Waals surface area contributed by atoms with E-state index < -0.39 is 0 Å². The van der Waals surface area contributed by atoms with Crippen LogP contribution in [0.1, 0.15) is 24.0 Å². The minimum atomic E-state index is -0.101.